The number of methoxy groups -OCH3 is 1. The number of fused-ring (bicyclic) bond motifs is 2. The molecule has 0 aliphatic carbocycles. The van der Waals surface area contributed by atoms with Crippen LogP contribution in [0, 0.1) is 0 Å². The van der Waals surface area contributed by atoms with Crippen LogP contribution in [0.15, 0.2) is 24.1 Å². The van der Waals surface area contributed by atoms with Crippen LogP contribution in [0.25, 0.3) is 0 Å². The van der Waals surface area contributed by atoms with Gasteiger partial charge in [0.15, 0.2) is 5.75 Å². The average molecular weight is 695 g/mol. The van der Waals surface area contributed by atoms with Crippen LogP contribution in [-0.2, 0) is 23.8 Å². The highest BCUT2D eigenvalue weighted by Crippen LogP contribution is 2.47. The highest BCUT2D eigenvalue weighted by Gasteiger charge is 2.52. The predicted octanol–water partition coefficient (Wildman–Crippen LogP) is 6.83. The summed E-state index contributed by atoms with van der Waals surface area (Å²) >= 11 is 0. The molecule has 0 saturated heterocycles. The largest absolute Gasteiger partial charge is 0.540 e. The molecule has 1 atom stereocenters. The van der Waals surface area contributed by atoms with Gasteiger partial charge in [-0.15, -0.1) is 0 Å². The minimum absolute atomic E-state index is 0.00549. The third-order valence-corrected chi connectivity index (χ3v) is 17.0. The molecule has 2 aliphatic rings. The highest BCUT2D eigenvalue weighted by atomic mass is 32.2. The van der Waals surface area contributed by atoms with Crippen molar-refractivity contribution < 1.29 is 49.3 Å². The van der Waals surface area contributed by atoms with E-state index in [0.717, 1.165) is 17.1 Å². The number of ether oxygens (including phenoxy) is 2. The van der Waals surface area contributed by atoms with E-state index in [1.807, 2.05) is 0 Å². The lowest BCUT2D eigenvalue weighted by Gasteiger charge is -2.42. The van der Waals surface area contributed by atoms with Gasteiger partial charge >= 0.3 is 15.6 Å². The molecule has 0 spiro atoms. The van der Waals surface area contributed by atoms with Crippen LogP contribution in [0.1, 0.15) is 58.3 Å². The standard InChI is InChI=1S/C29H45F3N2O8SSi2/c1-18(2)45(19(3)4,20(5)6)42-26-15-23-22(14-25(26)39-7)27(35)33-16-21(41-43(37,38)29(30,31)32)13-24(33)28(36)34(23)17-40-11-12-44(8,9)10/h14-16,18-20,24H,11-13,17H2,1-10H3/t24-/m0/s1. The third-order valence-electron chi connectivity index (χ3n) is 8.31. The fourth-order valence-electron chi connectivity index (χ4n) is 6.07. The summed E-state index contributed by atoms with van der Waals surface area (Å²) < 4.78 is 85.4. The van der Waals surface area contributed by atoms with Crippen molar-refractivity contribution in [2.75, 3.05) is 25.3 Å². The first-order chi connectivity index (χ1) is 20.6. The van der Waals surface area contributed by atoms with E-state index < -0.39 is 62.1 Å². The minimum atomic E-state index is -6.01. The smallest absolute Gasteiger partial charge is 0.534 e. The topological polar surface area (TPSA) is 112 Å². The maximum absolute atomic E-state index is 14.0. The zero-order valence-corrected chi connectivity index (χ0v) is 30.4. The van der Waals surface area contributed by atoms with Crippen LogP contribution in [0.5, 0.6) is 11.5 Å². The monoisotopic (exact) mass is 694 g/mol. The molecule has 10 nitrogen and oxygen atoms in total. The number of halogens is 3. The number of rotatable bonds is 13. The molecule has 0 bridgehead atoms. The molecular weight excluding hydrogens is 650 g/mol. The Morgan fingerprint density at radius 3 is 2.04 bits per heavy atom. The first kappa shape index (κ1) is 36.9. The van der Waals surface area contributed by atoms with Gasteiger partial charge in [-0.3, -0.25) is 19.4 Å². The van der Waals surface area contributed by atoms with Gasteiger partial charge in [-0.2, -0.15) is 21.6 Å². The Morgan fingerprint density at radius 2 is 1.56 bits per heavy atom. The molecule has 2 aliphatic heterocycles. The molecule has 254 valence electrons. The quantitative estimate of drug-likeness (QED) is 0.0957. The maximum atomic E-state index is 14.0. The Kier molecular flexibility index (Phi) is 10.9. The molecule has 1 aromatic carbocycles. The number of amides is 2. The fraction of sp³-hybridized carbons (Fsp3) is 0.655. The van der Waals surface area contributed by atoms with Crippen LogP contribution in [0.2, 0.25) is 42.3 Å². The number of hydrogen-bond acceptors (Lipinski definition) is 8. The van der Waals surface area contributed by atoms with Crippen molar-refractivity contribution in [3.63, 3.8) is 0 Å². The Hall–Kier alpha value is -2.57. The van der Waals surface area contributed by atoms with E-state index in [1.165, 1.54) is 18.1 Å². The number of carbonyl (C=O) groups excluding carboxylic acids is 2. The van der Waals surface area contributed by atoms with E-state index in [9.17, 15) is 31.2 Å². The zero-order chi connectivity index (χ0) is 34.3. The first-order valence-corrected chi connectivity index (χ1v) is 22.2. The average Bonchev–Trinajstić information content (AvgIpc) is 3.29. The summed E-state index contributed by atoms with van der Waals surface area (Å²) in [5.74, 6) is -1.50. The predicted molar refractivity (Wildman–Crippen MR) is 170 cm³/mol. The van der Waals surface area contributed by atoms with E-state index >= 15 is 0 Å². The van der Waals surface area contributed by atoms with Gasteiger partial charge in [0.2, 0.25) is 0 Å². The van der Waals surface area contributed by atoms with Crippen LogP contribution >= 0.6 is 0 Å². The van der Waals surface area contributed by atoms with E-state index in [2.05, 4.69) is 65.4 Å². The number of nitrogens with zero attached hydrogens (tertiary/aromatic N) is 2. The first-order valence-electron chi connectivity index (χ1n) is 14.9. The van der Waals surface area contributed by atoms with E-state index in [1.54, 1.807) is 6.07 Å². The Labute approximate surface area is 266 Å². The molecule has 3 rings (SSSR count). The Morgan fingerprint density at radius 1 is 0.978 bits per heavy atom. The van der Waals surface area contributed by atoms with Gasteiger partial charge in [0.1, 0.15) is 24.3 Å². The van der Waals surface area contributed by atoms with Gasteiger partial charge in [0.05, 0.1) is 18.4 Å². The fourth-order valence-corrected chi connectivity index (χ4v) is 12.6. The summed E-state index contributed by atoms with van der Waals surface area (Å²) in [5.41, 5.74) is -4.88. The van der Waals surface area contributed by atoms with E-state index in [4.69, 9.17) is 13.9 Å². The molecule has 1 aromatic rings. The van der Waals surface area contributed by atoms with Gasteiger partial charge in [-0.25, -0.2) is 0 Å². The van der Waals surface area contributed by atoms with Crippen molar-refractivity contribution in [3.8, 4) is 11.5 Å². The molecule has 0 fully saturated rings. The molecule has 0 N–H and O–H groups in total. The van der Waals surface area contributed by atoms with Crippen molar-refractivity contribution in [1.29, 1.82) is 0 Å². The van der Waals surface area contributed by atoms with Gasteiger partial charge in [-0.05, 0) is 28.7 Å². The van der Waals surface area contributed by atoms with Gasteiger partial charge in [-0.1, -0.05) is 61.2 Å². The lowest BCUT2D eigenvalue weighted by atomic mass is 10.1. The SMILES string of the molecule is COc1cc2c(cc1O[Si](C(C)C)(C(C)C)C(C)C)N(COCC[Si](C)(C)C)C(=O)[C@@H]1CC(OS(=O)(=O)C(F)(F)F)=CN1C2=O. The maximum Gasteiger partial charge on any atom is 0.534 e. The van der Waals surface area contributed by atoms with Crippen molar-refractivity contribution in [2.24, 2.45) is 0 Å². The second-order valence-electron chi connectivity index (χ2n) is 13.6. The van der Waals surface area contributed by atoms with Crippen LogP contribution in [0.4, 0.5) is 18.9 Å². The summed E-state index contributed by atoms with van der Waals surface area (Å²) in [6.07, 6.45) is 0.252. The third kappa shape index (κ3) is 7.54. The highest BCUT2D eigenvalue weighted by molar-refractivity contribution is 7.87. The molecule has 2 heterocycles. The van der Waals surface area contributed by atoms with Crippen LogP contribution < -0.4 is 14.1 Å². The van der Waals surface area contributed by atoms with Crippen molar-refractivity contribution in [2.45, 2.75) is 102 Å². The second-order valence-corrected chi connectivity index (χ2v) is 26.1. The van der Waals surface area contributed by atoms with Crippen LogP contribution in [0.3, 0.4) is 0 Å². The summed E-state index contributed by atoms with van der Waals surface area (Å²) in [4.78, 5) is 30.1. The van der Waals surface area contributed by atoms with Gasteiger partial charge < -0.3 is 18.1 Å². The van der Waals surface area contributed by atoms with Crippen LogP contribution in [-0.4, -0.2) is 73.5 Å². The number of anilines is 1. The zero-order valence-electron chi connectivity index (χ0n) is 27.6. The van der Waals surface area contributed by atoms with Gasteiger partial charge in [0, 0.05) is 33.4 Å². The molecule has 0 unspecified atom stereocenters. The van der Waals surface area contributed by atoms with E-state index in [-0.39, 0.29) is 40.4 Å². The summed E-state index contributed by atoms with van der Waals surface area (Å²) in [6, 6.07) is 2.47. The van der Waals surface area contributed by atoms with Crippen molar-refractivity contribution in [1.82, 2.24) is 4.90 Å². The molecule has 0 radical (unpaired) electrons. The molecule has 16 heteroatoms. The summed E-state index contributed by atoms with van der Waals surface area (Å²) in [6.45, 7) is 19.3. The molecule has 0 aromatic heterocycles. The number of hydrogen-bond donors (Lipinski definition) is 0. The summed E-state index contributed by atoms with van der Waals surface area (Å²) in [7, 11) is -8.62. The van der Waals surface area contributed by atoms with Gasteiger partial charge in [0.25, 0.3) is 20.1 Å². The van der Waals surface area contributed by atoms with E-state index in [0.29, 0.717) is 12.4 Å². The normalized spacial score (nSPS) is 18.0. The minimum Gasteiger partial charge on any atom is -0.540 e. The lowest BCUT2D eigenvalue weighted by Crippen LogP contribution is -2.50. The number of carbonyl (C=O) groups is 2. The van der Waals surface area contributed by atoms with Crippen molar-refractivity contribution >= 4 is 44.0 Å². The number of alkyl halides is 3. The lowest BCUT2D eigenvalue weighted by molar-refractivity contribution is -0.123. The second kappa shape index (κ2) is 13.3. The summed E-state index contributed by atoms with van der Waals surface area (Å²) in [5, 5.41) is 0. The Bertz CT molecular complexity index is 1400. The number of benzene rings is 1. The molecule has 0 saturated carbocycles. The molecular formula is C29H45F3N2O8SSi2. The molecule has 2 amide bonds. The molecule has 45 heavy (non-hydrogen) atoms. The van der Waals surface area contributed by atoms with Crippen molar-refractivity contribution in [3.05, 3.63) is 29.7 Å². The Balaban J connectivity index is 2.17.